The lowest BCUT2D eigenvalue weighted by Crippen LogP contribution is -2.46. The molecule has 0 spiro atoms. The molecule has 126 valence electrons. The average molecular weight is 318 g/mol. The van der Waals surface area contributed by atoms with Crippen LogP contribution in [0.5, 0.6) is 0 Å². The molecule has 0 radical (unpaired) electrons. The number of carbonyl (C=O) groups is 2. The van der Waals surface area contributed by atoms with Gasteiger partial charge in [0.15, 0.2) is 0 Å². The smallest absolute Gasteiger partial charge is 0.230 e. The van der Waals surface area contributed by atoms with E-state index in [2.05, 4.69) is 15.6 Å². The highest BCUT2D eigenvalue weighted by Crippen LogP contribution is 2.20. The van der Waals surface area contributed by atoms with Crippen LogP contribution in [-0.2, 0) is 9.59 Å². The number of aryl methyl sites for hydroxylation is 1. The van der Waals surface area contributed by atoms with Gasteiger partial charge in [-0.1, -0.05) is 13.0 Å². The fourth-order valence-electron chi connectivity index (χ4n) is 2.94. The van der Waals surface area contributed by atoms with Crippen LogP contribution in [0.2, 0.25) is 0 Å². The van der Waals surface area contributed by atoms with E-state index in [0.29, 0.717) is 18.9 Å². The minimum atomic E-state index is -0.170. The number of rotatable bonds is 5. The summed E-state index contributed by atoms with van der Waals surface area (Å²) in [5, 5.41) is 5.89. The molecule has 6 nitrogen and oxygen atoms in total. The lowest BCUT2D eigenvalue weighted by Gasteiger charge is -2.33. The number of amides is 2. The normalized spacial score (nSPS) is 19.3. The van der Waals surface area contributed by atoms with Gasteiger partial charge in [-0.3, -0.25) is 9.59 Å². The van der Waals surface area contributed by atoms with E-state index >= 15 is 0 Å². The van der Waals surface area contributed by atoms with Crippen molar-refractivity contribution in [1.82, 2.24) is 15.2 Å². The number of aromatic nitrogens is 1. The molecule has 1 aliphatic rings. The van der Waals surface area contributed by atoms with Gasteiger partial charge in [-0.05, 0) is 38.9 Å². The molecule has 2 N–H and O–H groups in total. The predicted octanol–water partition coefficient (Wildman–Crippen LogP) is 1.42. The van der Waals surface area contributed by atoms with Crippen molar-refractivity contribution >= 4 is 17.6 Å². The Labute approximate surface area is 137 Å². The molecule has 0 aromatic carbocycles. The van der Waals surface area contributed by atoms with Gasteiger partial charge < -0.3 is 15.5 Å². The SMILES string of the molecule is CNCC(C)C(=O)N1CCCC(C(=O)Nc2cccc(C)n2)C1. The summed E-state index contributed by atoms with van der Waals surface area (Å²) < 4.78 is 0. The Balaban J connectivity index is 1.95. The first-order valence-corrected chi connectivity index (χ1v) is 8.19. The molecule has 1 aliphatic heterocycles. The number of hydrogen-bond acceptors (Lipinski definition) is 4. The average Bonchev–Trinajstić information content (AvgIpc) is 2.54. The van der Waals surface area contributed by atoms with Gasteiger partial charge in [-0.2, -0.15) is 0 Å². The lowest BCUT2D eigenvalue weighted by molar-refractivity contribution is -0.137. The van der Waals surface area contributed by atoms with Gasteiger partial charge in [0.25, 0.3) is 0 Å². The maximum absolute atomic E-state index is 12.4. The summed E-state index contributed by atoms with van der Waals surface area (Å²) in [6.07, 6.45) is 1.67. The molecule has 1 aromatic rings. The van der Waals surface area contributed by atoms with Gasteiger partial charge in [0.05, 0.1) is 5.92 Å². The van der Waals surface area contributed by atoms with E-state index in [1.807, 2.05) is 37.9 Å². The van der Waals surface area contributed by atoms with Crippen LogP contribution in [0.1, 0.15) is 25.5 Å². The maximum atomic E-state index is 12.4. The third-order valence-electron chi connectivity index (χ3n) is 4.18. The highest BCUT2D eigenvalue weighted by atomic mass is 16.2. The molecule has 0 bridgehead atoms. The first-order chi connectivity index (χ1) is 11.0. The fourth-order valence-corrected chi connectivity index (χ4v) is 2.94. The highest BCUT2D eigenvalue weighted by molar-refractivity contribution is 5.92. The Kier molecular flexibility index (Phi) is 6.10. The zero-order chi connectivity index (χ0) is 16.8. The summed E-state index contributed by atoms with van der Waals surface area (Å²) in [5.41, 5.74) is 0.865. The van der Waals surface area contributed by atoms with Gasteiger partial charge in [-0.15, -0.1) is 0 Å². The van der Waals surface area contributed by atoms with Crippen molar-refractivity contribution in [2.45, 2.75) is 26.7 Å². The van der Waals surface area contributed by atoms with Gasteiger partial charge in [-0.25, -0.2) is 4.98 Å². The Morgan fingerprint density at radius 3 is 2.91 bits per heavy atom. The maximum Gasteiger partial charge on any atom is 0.230 e. The van der Waals surface area contributed by atoms with E-state index in [9.17, 15) is 9.59 Å². The number of hydrogen-bond donors (Lipinski definition) is 2. The summed E-state index contributed by atoms with van der Waals surface area (Å²) in [4.78, 5) is 31.0. The molecule has 0 aliphatic carbocycles. The molecular weight excluding hydrogens is 292 g/mol. The minimum absolute atomic E-state index is 0.0538. The van der Waals surface area contributed by atoms with E-state index in [4.69, 9.17) is 0 Å². The summed E-state index contributed by atoms with van der Waals surface area (Å²) in [7, 11) is 1.84. The Morgan fingerprint density at radius 2 is 2.22 bits per heavy atom. The van der Waals surface area contributed by atoms with Crippen LogP contribution in [-0.4, -0.2) is 48.4 Å². The third kappa shape index (κ3) is 4.76. The first-order valence-electron chi connectivity index (χ1n) is 8.19. The first kappa shape index (κ1) is 17.4. The molecule has 6 heteroatoms. The quantitative estimate of drug-likeness (QED) is 0.861. The van der Waals surface area contributed by atoms with Crippen molar-refractivity contribution in [3.8, 4) is 0 Å². The molecule has 2 rings (SSSR count). The third-order valence-corrected chi connectivity index (χ3v) is 4.18. The molecule has 1 saturated heterocycles. The monoisotopic (exact) mass is 318 g/mol. The summed E-state index contributed by atoms with van der Waals surface area (Å²) in [6.45, 7) is 5.68. The summed E-state index contributed by atoms with van der Waals surface area (Å²) in [6, 6.07) is 5.54. The van der Waals surface area contributed by atoms with Gasteiger partial charge in [0, 0.05) is 31.2 Å². The molecule has 2 atom stereocenters. The second-order valence-electron chi connectivity index (χ2n) is 6.24. The van der Waals surface area contributed by atoms with Crippen molar-refractivity contribution in [1.29, 1.82) is 0 Å². The predicted molar refractivity (Wildman–Crippen MR) is 90.0 cm³/mol. The van der Waals surface area contributed by atoms with Crippen molar-refractivity contribution in [3.05, 3.63) is 23.9 Å². The van der Waals surface area contributed by atoms with Gasteiger partial charge in [0.2, 0.25) is 11.8 Å². The number of nitrogens with zero attached hydrogens (tertiary/aromatic N) is 2. The van der Waals surface area contributed by atoms with Crippen molar-refractivity contribution < 1.29 is 9.59 Å². The molecule has 0 saturated carbocycles. The Bertz CT molecular complexity index is 561. The highest BCUT2D eigenvalue weighted by Gasteiger charge is 2.30. The van der Waals surface area contributed by atoms with Crippen LogP contribution in [0.3, 0.4) is 0 Å². The molecule has 2 unspecified atom stereocenters. The zero-order valence-corrected chi connectivity index (χ0v) is 14.1. The van der Waals surface area contributed by atoms with Crippen LogP contribution in [0.4, 0.5) is 5.82 Å². The number of anilines is 1. The second-order valence-corrected chi connectivity index (χ2v) is 6.24. The number of carbonyl (C=O) groups excluding carboxylic acids is 2. The molecular formula is C17H26N4O2. The van der Waals surface area contributed by atoms with E-state index in [1.165, 1.54) is 0 Å². The lowest BCUT2D eigenvalue weighted by atomic mass is 9.96. The number of pyridine rings is 1. The second kappa shape index (κ2) is 8.06. The van der Waals surface area contributed by atoms with Crippen LogP contribution in [0.25, 0.3) is 0 Å². The molecule has 2 heterocycles. The Morgan fingerprint density at radius 1 is 1.43 bits per heavy atom. The van der Waals surface area contributed by atoms with E-state index in [1.54, 1.807) is 6.07 Å². The van der Waals surface area contributed by atoms with Gasteiger partial charge in [0.1, 0.15) is 5.82 Å². The topological polar surface area (TPSA) is 74.3 Å². The number of piperidine rings is 1. The largest absolute Gasteiger partial charge is 0.342 e. The van der Waals surface area contributed by atoms with E-state index in [0.717, 1.165) is 25.1 Å². The van der Waals surface area contributed by atoms with Gasteiger partial charge >= 0.3 is 0 Å². The van der Waals surface area contributed by atoms with Crippen LogP contribution >= 0.6 is 0 Å². The summed E-state index contributed by atoms with van der Waals surface area (Å²) >= 11 is 0. The number of nitrogens with one attached hydrogen (secondary N) is 2. The van der Waals surface area contributed by atoms with Crippen LogP contribution in [0.15, 0.2) is 18.2 Å². The van der Waals surface area contributed by atoms with E-state index in [-0.39, 0.29) is 23.7 Å². The zero-order valence-electron chi connectivity index (χ0n) is 14.1. The molecule has 23 heavy (non-hydrogen) atoms. The molecule has 1 aromatic heterocycles. The van der Waals surface area contributed by atoms with Crippen molar-refractivity contribution in [3.63, 3.8) is 0 Å². The summed E-state index contributed by atoms with van der Waals surface area (Å²) in [5.74, 6) is 0.395. The molecule has 2 amide bonds. The van der Waals surface area contributed by atoms with Crippen LogP contribution < -0.4 is 10.6 Å². The van der Waals surface area contributed by atoms with Crippen molar-refractivity contribution in [2.75, 3.05) is 32.0 Å². The number of likely N-dealkylation sites (tertiary alicyclic amines) is 1. The van der Waals surface area contributed by atoms with Crippen LogP contribution in [0, 0.1) is 18.8 Å². The molecule has 1 fully saturated rings. The Hall–Kier alpha value is -1.95. The minimum Gasteiger partial charge on any atom is -0.342 e. The van der Waals surface area contributed by atoms with Crippen molar-refractivity contribution in [2.24, 2.45) is 11.8 Å². The van der Waals surface area contributed by atoms with E-state index < -0.39 is 0 Å². The standard InChI is InChI=1S/C17H26N4O2/c1-12(10-18-3)17(23)21-9-5-7-14(11-21)16(22)20-15-8-4-6-13(2)19-15/h4,6,8,12,14,18H,5,7,9-11H2,1-3H3,(H,19,20,22). The fraction of sp³-hybridized carbons (Fsp3) is 0.588.